The number of benzene rings is 3. The normalized spacial score (nSPS) is 10.5. The molecule has 2 N–H and O–H groups in total. The smallest absolute Gasteiger partial charge is 0.325 e. The van der Waals surface area contributed by atoms with E-state index >= 15 is 0 Å². The molecular weight excluding hydrogens is 444 g/mol. The molecule has 0 unspecified atom stereocenters. The third kappa shape index (κ3) is 8.30. The predicted molar refractivity (Wildman–Crippen MR) is 133 cm³/mol. The van der Waals surface area contributed by atoms with Crippen molar-refractivity contribution in [1.29, 1.82) is 0 Å². The van der Waals surface area contributed by atoms with Crippen LogP contribution in [0.1, 0.15) is 40.7 Å². The Balaban J connectivity index is 1.39. The Labute approximate surface area is 205 Å². The quantitative estimate of drug-likeness (QED) is 0.391. The minimum Gasteiger partial charge on any atom is -0.494 e. The van der Waals surface area contributed by atoms with Crippen molar-refractivity contribution in [2.24, 2.45) is 0 Å². The van der Waals surface area contributed by atoms with Gasteiger partial charge in [-0.3, -0.25) is 14.4 Å². The van der Waals surface area contributed by atoms with Crippen LogP contribution in [0, 0.1) is 0 Å². The first-order valence-corrected chi connectivity index (χ1v) is 11.6. The van der Waals surface area contributed by atoms with Gasteiger partial charge in [0.2, 0.25) is 0 Å². The highest BCUT2D eigenvalue weighted by Crippen LogP contribution is 2.27. The summed E-state index contributed by atoms with van der Waals surface area (Å²) in [6, 6.07) is 26.8. The minimum absolute atomic E-state index is 0.137. The van der Waals surface area contributed by atoms with Gasteiger partial charge in [0.05, 0.1) is 6.61 Å². The standard InChI is InChI=1S/C28H30N2O5/c1-2-34-24-15-13-23(14-16-24)28(33)30-19-27(32)35-20-26(31)29-18-17-25(21-9-5-3-6-10-21)22-11-7-4-8-12-22/h3-16,25H,2,17-20H2,1H3,(H,29,31)(H,30,33). The van der Waals surface area contributed by atoms with E-state index in [4.69, 9.17) is 9.47 Å². The van der Waals surface area contributed by atoms with Gasteiger partial charge in [-0.25, -0.2) is 0 Å². The van der Waals surface area contributed by atoms with Gasteiger partial charge in [0.15, 0.2) is 6.61 Å². The van der Waals surface area contributed by atoms with Crippen molar-refractivity contribution in [3.8, 4) is 5.75 Å². The van der Waals surface area contributed by atoms with Crippen LogP contribution in [0.4, 0.5) is 0 Å². The zero-order valence-electron chi connectivity index (χ0n) is 19.7. The lowest BCUT2D eigenvalue weighted by Crippen LogP contribution is -2.34. The van der Waals surface area contributed by atoms with Gasteiger partial charge >= 0.3 is 5.97 Å². The van der Waals surface area contributed by atoms with Crippen LogP contribution in [-0.2, 0) is 14.3 Å². The van der Waals surface area contributed by atoms with E-state index < -0.39 is 24.4 Å². The first-order chi connectivity index (χ1) is 17.1. The molecule has 0 aromatic heterocycles. The fourth-order valence-electron chi connectivity index (χ4n) is 3.62. The van der Waals surface area contributed by atoms with E-state index in [1.807, 2.05) is 43.3 Å². The van der Waals surface area contributed by atoms with Gasteiger partial charge in [0, 0.05) is 18.0 Å². The average molecular weight is 475 g/mol. The van der Waals surface area contributed by atoms with E-state index in [0.29, 0.717) is 30.9 Å². The van der Waals surface area contributed by atoms with E-state index in [2.05, 4.69) is 34.9 Å². The molecular formula is C28H30N2O5. The molecule has 35 heavy (non-hydrogen) atoms. The van der Waals surface area contributed by atoms with Crippen LogP contribution in [0.15, 0.2) is 84.9 Å². The summed E-state index contributed by atoms with van der Waals surface area (Å²) in [6.45, 7) is 2.10. The molecule has 0 aliphatic rings. The van der Waals surface area contributed by atoms with Gasteiger partial charge in [-0.15, -0.1) is 0 Å². The van der Waals surface area contributed by atoms with Crippen molar-refractivity contribution in [1.82, 2.24) is 10.6 Å². The van der Waals surface area contributed by atoms with Gasteiger partial charge in [-0.1, -0.05) is 60.7 Å². The number of carbonyl (C=O) groups excluding carboxylic acids is 3. The van der Waals surface area contributed by atoms with E-state index in [0.717, 1.165) is 0 Å². The number of esters is 1. The average Bonchev–Trinajstić information content (AvgIpc) is 2.90. The van der Waals surface area contributed by atoms with Crippen molar-refractivity contribution in [2.45, 2.75) is 19.3 Å². The Hall–Kier alpha value is -4.13. The fraction of sp³-hybridized carbons (Fsp3) is 0.250. The fourth-order valence-corrected chi connectivity index (χ4v) is 3.62. The molecule has 7 nitrogen and oxygen atoms in total. The first-order valence-electron chi connectivity index (χ1n) is 11.6. The van der Waals surface area contributed by atoms with E-state index in [9.17, 15) is 14.4 Å². The molecule has 0 aliphatic carbocycles. The van der Waals surface area contributed by atoms with Gasteiger partial charge in [0.1, 0.15) is 12.3 Å². The Bertz CT molecular complexity index is 1050. The first kappa shape index (κ1) is 25.5. The Morgan fingerprint density at radius 2 is 1.40 bits per heavy atom. The predicted octanol–water partition coefficient (Wildman–Crippen LogP) is 3.70. The highest BCUT2D eigenvalue weighted by Gasteiger charge is 2.15. The minimum atomic E-state index is -0.689. The lowest BCUT2D eigenvalue weighted by Gasteiger charge is -2.18. The molecule has 0 heterocycles. The van der Waals surface area contributed by atoms with Crippen LogP contribution < -0.4 is 15.4 Å². The lowest BCUT2D eigenvalue weighted by molar-refractivity contribution is -0.147. The molecule has 0 radical (unpaired) electrons. The molecule has 3 aromatic carbocycles. The van der Waals surface area contributed by atoms with E-state index in [1.165, 1.54) is 11.1 Å². The summed E-state index contributed by atoms with van der Waals surface area (Å²) in [4.78, 5) is 36.3. The third-order valence-corrected chi connectivity index (χ3v) is 5.34. The number of nitrogens with one attached hydrogen (secondary N) is 2. The molecule has 3 aromatic rings. The zero-order valence-corrected chi connectivity index (χ0v) is 19.7. The van der Waals surface area contributed by atoms with E-state index in [-0.39, 0.29) is 12.5 Å². The summed E-state index contributed by atoms with van der Waals surface area (Å²) in [5, 5.41) is 5.28. The van der Waals surface area contributed by atoms with Crippen LogP contribution in [0.5, 0.6) is 5.75 Å². The molecule has 0 saturated heterocycles. The summed E-state index contributed by atoms with van der Waals surface area (Å²) in [7, 11) is 0. The lowest BCUT2D eigenvalue weighted by atomic mass is 9.88. The topological polar surface area (TPSA) is 93.7 Å². The van der Waals surface area contributed by atoms with Gasteiger partial charge in [-0.05, 0) is 48.7 Å². The summed E-state index contributed by atoms with van der Waals surface area (Å²) in [5.41, 5.74) is 2.73. The SMILES string of the molecule is CCOc1ccc(C(=O)NCC(=O)OCC(=O)NCCC(c2ccccc2)c2ccccc2)cc1. The molecule has 0 aliphatic heterocycles. The molecule has 2 amide bonds. The number of carbonyl (C=O) groups is 3. The second-order valence-corrected chi connectivity index (χ2v) is 7.81. The Kier molecular flexibility index (Phi) is 9.87. The largest absolute Gasteiger partial charge is 0.494 e. The van der Waals surface area contributed by atoms with Gasteiger partial charge in [0.25, 0.3) is 11.8 Å². The second kappa shape index (κ2) is 13.5. The van der Waals surface area contributed by atoms with Crippen molar-refractivity contribution >= 4 is 17.8 Å². The number of hydrogen-bond donors (Lipinski definition) is 2. The van der Waals surface area contributed by atoms with Crippen molar-refractivity contribution in [3.63, 3.8) is 0 Å². The van der Waals surface area contributed by atoms with Crippen LogP contribution in [0.3, 0.4) is 0 Å². The zero-order chi connectivity index (χ0) is 24.9. The summed E-state index contributed by atoms with van der Waals surface area (Å²) >= 11 is 0. The molecule has 0 spiro atoms. The highest BCUT2D eigenvalue weighted by atomic mass is 16.5. The molecule has 0 atom stereocenters. The highest BCUT2D eigenvalue weighted by molar-refractivity contribution is 5.96. The molecule has 7 heteroatoms. The second-order valence-electron chi connectivity index (χ2n) is 7.81. The van der Waals surface area contributed by atoms with E-state index in [1.54, 1.807) is 24.3 Å². The van der Waals surface area contributed by atoms with Crippen LogP contribution in [0.2, 0.25) is 0 Å². The van der Waals surface area contributed by atoms with Crippen molar-refractivity contribution < 1.29 is 23.9 Å². The maximum Gasteiger partial charge on any atom is 0.325 e. The summed E-state index contributed by atoms with van der Waals surface area (Å²) in [6.07, 6.45) is 0.700. The molecule has 3 rings (SSSR count). The van der Waals surface area contributed by atoms with Crippen molar-refractivity contribution in [3.05, 3.63) is 102 Å². The third-order valence-electron chi connectivity index (χ3n) is 5.34. The Morgan fingerprint density at radius 3 is 1.97 bits per heavy atom. The summed E-state index contributed by atoms with van der Waals surface area (Å²) < 4.78 is 10.3. The number of ether oxygens (including phenoxy) is 2. The maximum atomic E-state index is 12.2. The summed E-state index contributed by atoms with van der Waals surface area (Å²) in [5.74, 6) is -0.698. The monoisotopic (exact) mass is 474 g/mol. The number of rotatable bonds is 12. The van der Waals surface area contributed by atoms with Gasteiger partial charge < -0.3 is 20.1 Å². The Morgan fingerprint density at radius 1 is 0.800 bits per heavy atom. The van der Waals surface area contributed by atoms with Crippen molar-refractivity contribution in [2.75, 3.05) is 26.3 Å². The van der Waals surface area contributed by atoms with Gasteiger partial charge in [-0.2, -0.15) is 0 Å². The van der Waals surface area contributed by atoms with Crippen LogP contribution >= 0.6 is 0 Å². The molecule has 0 saturated carbocycles. The number of amides is 2. The van der Waals surface area contributed by atoms with Crippen LogP contribution in [-0.4, -0.2) is 44.1 Å². The molecule has 0 fully saturated rings. The van der Waals surface area contributed by atoms with Crippen LogP contribution in [0.25, 0.3) is 0 Å². The molecule has 0 bridgehead atoms. The molecule has 182 valence electrons. The maximum absolute atomic E-state index is 12.2. The number of hydrogen-bond acceptors (Lipinski definition) is 5.